The molecule has 0 aliphatic carbocycles. The number of benzene rings is 1. The Hall–Kier alpha value is -2.33. The molecule has 1 aromatic rings. The van der Waals surface area contributed by atoms with Crippen LogP contribution in [0.5, 0.6) is 0 Å². The lowest BCUT2D eigenvalue weighted by Crippen LogP contribution is -2.50. The summed E-state index contributed by atoms with van der Waals surface area (Å²) in [5.74, 6) is -0.592. The van der Waals surface area contributed by atoms with E-state index in [0.717, 1.165) is 6.07 Å². The van der Waals surface area contributed by atoms with Crippen molar-refractivity contribution in [3.63, 3.8) is 0 Å². The van der Waals surface area contributed by atoms with Gasteiger partial charge in [0.1, 0.15) is 0 Å². The van der Waals surface area contributed by atoms with Crippen molar-refractivity contribution < 1.29 is 9.72 Å². The molecule has 0 heterocycles. The van der Waals surface area contributed by atoms with Crippen LogP contribution in [0.1, 0.15) is 10.4 Å². The smallest absolute Gasteiger partial charge is 0.270 e. The fourth-order valence-corrected chi connectivity index (χ4v) is 1.28. The van der Waals surface area contributed by atoms with Crippen LogP contribution in [0.3, 0.4) is 0 Å². The second-order valence-corrected chi connectivity index (χ2v) is 4.05. The van der Waals surface area contributed by atoms with Crippen molar-refractivity contribution in [1.82, 2.24) is 16.2 Å². The fourth-order valence-electron chi connectivity index (χ4n) is 1.09. The summed E-state index contributed by atoms with van der Waals surface area (Å²) < 4.78 is 0. The number of carbonyl (C=O) groups is 1. The molecular formula is C9H9N5O3S2. The van der Waals surface area contributed by atoms with Crippen molar-refractivity contribution in [2.75, 3.05) is 0 Å². The number of thiocarbonyl (C=S) groups is 2. The normalized spacial score (nSPS) is 9.26. The van der Waals surface area contributed by atoms with E-state index in [1.807, 2.05) is 0 Å². The summed E-state index contributed by atoms with van der Waals surface area (Å²) in [6.45, 7) is 0. The molecule has 0 aromatic heterocycles. The Balaban J connectivity index is 2.68. The zero-order valence-corrected chi connectivity index (χ0v) is 11.0. The Kier molecular flexibility index (Phi) is 5.09. The van der Waals surface area contributed by atoms with Gasteiger partial charge in [0.05, 0.1) is 4.92 Å². The molecule has 19 heavy (non-hydrogen) atoms. The molecule has 0 atom stereocenters. The molecule has 1 rings (SSSR count). The number of amides is 1. The number of hydrogen-bond acceptors (Lipinski definition) is 5. The first kappa shape index (κ1) is 14.7. The van der Waals surface area contributed by atoms with Crippen LogP contribution in [-0.2, 0) is 0 Å². The fraction of sp³-hybridized carbons (Fsp3) is 0. The predicted molar refractivity (Wildman–Crippen MR) is 76.2 cm³/mol. The van der Waals surface area contributed by atoms with Gasteiger partial charge in [-0.3, -0.25) is 31.1 Å². The van der Waals surface area contributed by atoms with E-state index in [9.17, 15) is 14.9 Å². The minimum atomic E-state index is -0.595. The number of nitrogens with one attached hydrogen (secondary N) is 3. The largest absolute Gasteiger partial charge is 0.375 e. The van der Waals surface area contributed by atoms with Crippen molar-refractivity contribution in [1.29, 1.82) is 0 Å². The number of nitro benzene ring substituents is 1. The number of nitro groups is 1. The van der Waals surface area contributed by atoms with E-state index in [0.29, 0.717) is 0 Å². The van der Waals surface area contributed by atoms with Crippen LogP contribution >= 0.6 is 24.4 Å². The zero-order valence-electron chi connectivity index (χ0n) is 9.38. The Morgan fingerprint density at radius 3 is 2.58 bits per heavy atom. The van der Waals surface area contributed by atoms with Crippen molar-refractivity contribution in [2.45, 2.75) is 0 Å². The van der Waals surface area contributed by atoms with Gasteiger partial charge in [0.2, 0.25) is 0 Å². The van der Waals surface area contributed by atoms with Gasteiger partial charge in [-0.05, 0) is 30.5 Å². The van der Waals surface area contributed by atoms with E-state index in [2.05, 4.69) is 28.4 Å². The average Bonchev–Trinajstić information content (AvgIpc) is 2.36. The molecule has 1 amide bonds. The maximum atomic E-state index is 11.7. The standard InChI is InChI=1S/C9H9N5O3S2/c10-8(18)12-13-9(19)11-7(15)5-2-1-3-6(4-5)14(16)17/h1-4H,(H3,10,12,18)(H2,11,13,15,19). The molecule has 0 saturated heterocycles. The number of rotatable bonds is 2. The second kappa shape index (κ2) is 6.56. The van der Waals surface area contributed by atoms with Gasteiger partial charge in [0.25, 0.3) is 11.6 Å². The van der Waals surface area contributed by atoms with Crippen LogP contribution in [0.4, 0.5) is 5.69 Å². The summed E-state index contributed by atoms with van der Waals surface area (Å²) in [7, 11) is 0. The lowest BCUT2D eigenvalue weighted by atomic mass is 10.2. The van der Waals surface area contributed by atoms with E-state index in [-0.39, 0.29) is 21.5 Å². The Morgan fingerprint density at radius 2 is 2.00 bits per heavy atom. The topological polar surface area (TPSA) is 122 Å². The number of hydrazine groups is 1. The highest BCUT2D eigenvalue weighted by Gasteiger charge is 2.12. The molecule has 0 aliphatic rings. The quantitative estimate of drug-likeness (QED) is 0.340. The lowest BCUT2D eigenvalue weighted by molar-refractivity contribution is -0.384. The third-order valence-corrected chi connectivity index (χ3v) is 2.15. The number of non-ortho nitro benzene ring substituents is 1. The first-order chi connectivity index (χ1) is 8.90. The summed E-state index contributed by atoms with van der Waals surface area (Å²) in [6.07, 6.45) is 0. The van der Waals surface area contributed by atoms with Crippen molar-refractivity contribution in [2.24, 2.45) is 5.73 Å². The molecule has 1 aromatic carbocycles. The maximum absolute atomic E-state index is 11.7. The molecule has 100 valence electrons. The maximum Gasteiger partial charge on any atom is 0.270 e. The van der Waals surface area contributed by atoms with Gasteiger partial charge in [0.15, 0.2) is 10.2 Å². The van der Waals surface area contributed by atoms with E-state index < -0.39 is 10.8 Å². The van der Waals surface area contributed by atoms with Crippen LogP contribution in [0.15, 0.2) is 24.3 Å². The summed E-state index contributed by atoms with van der Waals surface area (Å²) in [5.41, 5.74) is 9.76. The Bertz CT molecular complexity index is 548. The third kappa shape index (κ3) is 4.81. The molecule has 0 bridgehead atoms. The van der Waals surface area contributed by atoms with Gasteiger partial charge in [-0.15, -0.1) is 0 Å². The van der Waals surface area contributed by atoms with Crippen LogP contribution in [0.25, 0.3) is 0 Å². The van der Waals surface area contributed by atoms with E-state index in [1.165, 1.54) is 18.2 Å². The van der Waals surface area contributed by atoms with Crippen LogP contribution in [0, 0.1) is 10.1 Å². The highest BCUT2D eigenvalue weighted by atomic mass is 32.1. The average molecular weight is 299 g/mol. The third-order valence-electron chi connectivity index (χ3n) is 1.85. The first-order valence-electron chi connectivity index (χ1n) is 4.81. The van der Waals surface area contributed by atoms with Gasteiger partial charge in [-0.25, -0.2) is 0 Å². The number of nitrogens with zero attached hydrogens (tertiary/aromatic N) is 1. The van der Waals surface area contributed by atoms with Crippen molar-refractivity contribution in [3.8, 4) is 0 Å². The highest BCUT2D eigenvalue weighted by Crippen LogP contribution is 2.12. The predicted octanol–water partition coefficient (Wildman–Crippen LogP) is -0.0527. The zero-order chi connectivity index (χ0) is 14.4. The highest BCUT2D eigenvalue weighted by molar-refractivity contribution is 7.80. The molecule has 0 fully saturated rings. The van der Waals surface area contributed by atoms with E-state index in [4.69, 9.17) is 18.0 Å². The van der Waals surface area contributed by atoms with Gasteiger partial charge in [-0.2, -0.15) is 0 Å². The Morgan fingerprint density at radius 1 is 1.32 bits per heavy atom. The second-order valence-electron chi connectivity index (χ2n) is 3.20. The number of hydrogen-bond donors (Lipinski definition) is 4. The first-order valence-corrected chi connectivity index (χ1v) is 5.63. The Labute approximate surface area is 118 Å². The van der Waals surface area contributed by atoms with Crippen LogP contribution in [0.2, 0.25) is 0 Å². The van der Waals surface area contributed by atoms with E-state index >= 15 is 0 Å². The van der Waals surface area contributed by atoms with Crippen molar-refractivity contribution in [3.05, 3.63) is 39.9 Å². The summed E-state index contributed by atoms with van der Waals surface area (Å²) in [5, 5.41) is 12.8. The molecule has 0 spiro atoms. The molecule has 0 unspecified atom stereocenters. The molecule has 10 heteroatoms. The summed E-state index contributed by atoms with van der Waals surface area (Å²) in [6, 6.07) is 5.24. The minimum absolute atomic E-state index is 0.0491. The molecule has 0 aliphatic heterocycles. The molecule has 8 nitrogen and oxygen atoms in total. The molecule has 0 radical (unpaired) electrons. The molecule has 5 N–H and O–H groups in total. The summed E-state index contributed by atoms with van der Waals surface area (Å²) >= 11 is 9.30. The number of nitrogens with two attached hydrogens (primary N) is 1. The van der Waals surface area contributed by atoms with Gasteiger partial charge < -0.3 is 5.73 Å². The number of carbonyl (C=O) groups excluding carboxylic acids is 1. The van der Waals surface area contributed by atoms with E-state index in [1.54, 1.807) is 0 Å². The van der Waals surface area contributed by atoms with Gasteiger partial charge in [0, 0.05) is 17.7 Å². The molecular weight excluding hydrogens is 290 g/mol. The minimum Gasteiger partial charge on any atom is -0.375 e. The van der Waals surface area contributed by atoms with Gasteiger partial charge >= 0.3 is 0 Å². The van der Waals surface area contributed by atoms with Crippen LogP contribution < -0.4 is 21.9 Å². The summed E-state index contributed by atoms with van der Waals surface area (Å²) in [4.78, 5) is 21.7. The monoisotopic (exact) mass is 299 g/mol. The molecule has 0 saturated carbocycles. The van der Waals surface area contributed by atoms with Gasteiger partial charge in [-0.1, -0.05) is 6.07 Å². The lowest BCUT2D eigenvalue weighted by Gasteiger charge is -2.09. The van der Waals surface area contributed by atoms with Crippen molar-refractivity contribution >= 4 is 46.3 Å². The van der Waals surface area contributed by atoms with Crippen LogP contribution in [-0.4, -0.2) is 21.1 Å². The SMILES string of the molecule is NC(=S)NNC(=S)NC(=O)c1cccc([N+](=O)[O-])c1.